The Bertz CT molecular complexity index is 435. The minimum Gasteiger partial charge on any atom is -0.496 e. The zero-order valence-corrected chi connectivity index (χ0v) is 8.95. The summed E-state index contributed by atoms with van der Waals surface area (Å²) in [5.41, 5.74) is 3.17. The Labute approximate surface area is 89.1 Å². The molecule has 0 spiro atoms. The highest BCUT2D eigenvalue weighted by molar-refractivity contribution is 5.68. The van der Waals surface area contributed by atoms with E-state index in [4.69, 9.17) is 4.74 Å². The van der Waals surface area contributed by atoms with E-state index in [1.807, 2.05) is 24.4 Å². The first-order valence-electron chi connectivity index (χ1n) is 5.02. The van der Waals surface area contributed by atoms with Crippen LogP contribution in [0.2, 0.25) is 0 Å². The number of aromatic nitrogens is 2. The third kappa shape index (κ3) is 1.73. The van der Waals surface area contributed by atoms with Gasteiger partial charge in [-0.2, -0.15) is 5.10 Å². The number of aryl methyl sites for hydroxylation is 1. The van der Waals surface area contributed by atoms with Crippen molar-refractivity contribution in [3.8, 4) is 17.0 Å². The molecule has 0 amide bonds. The summed E-state index contributed by atoms with van der Waals surface area (Å²) in [5.74, 6) is 0.923. The van der Waals surface area contributed by atoms with Crippen molar-refractivity contribution >= 4 is 0 Å². The first-order chi connectivity index (χ1) is 7.36. The highest BCUT2D eigenvalue weighted by Crippen LogP contribution is 2.31. The first kappa shape index (κ1) is 9.77. The van der Waals surface area contributed by atoms with Crippen LogP contribution in [0.3, 0.4) is 0 Å². The van der Waals surface area contributed by atoms with Gasteiger partial charge in [-0.3, -0.25) is 5.10 Å². The summed E-state index contributed by atoms with van der Waals surface area (Å²) in [7, 11) is 1.70. The van der Waals surface area contributed by atoms with Gasteiger partial charge in [0.15, 0.2) is 0 Å². The molecule has 0 saturated carbocycles. The number of nitrogens with zero attached hydrogens (tertiary/aromatic N) is 1. The molecule has 1 aromatic heterocycles. The number of hydrogen-bond acceptors (Lipinski definition) is 2. The maximum atomic E-state index is 5.44. The quantitative estimate of drug-likeness (QED) is 0.830. The van der Waals surface area contributed by atoms with Gasteiger partial charge in [-0.05, 0) is 24.1 Å². The molecular weight excluding hydrogens is 188 g/mol. The van der Waals surface area contributed by atoms with Crippen molar-refractivity contribution in [2.75, 3.05) is 7.11 Å². The number of benzene rings is 1. The van der Waals surface area contributed by atoms with Crippen LogP contribution < -0.4 is 4.74 Å². The zero-order chi connectivity index (χ0) is 10.7. The van der Waals surface area contributed by atoms with Gasteiger partial charge in [0.2, 0.25) is 0 Å². The largest absolute Gasteiger partial charge is 0.496 e. The Balaban J connectivity index is 2.56. The Kier molecular flexibility index (Phi) is 2.72. The molecule has 78 valence electrons. The van der Waals surface area contributed by atoms with E-state index in [-0.39, 0.29) is 0 Å². The first-order valence-corrected chi connectivity index (χ1v) is 5.02. The minimum atomic E-state index is 0.919. The number of nitrogens with one attached hydrogen (secondary N) is 1. The van der Waals surface area contributed by atoms with Crippen LogP contribution in [0.1, 0.15) is 12.5 Å². The van der Waals surface area contributed by atoms with E-state index in [2.05, 4.69) is 23.2 Å². The fourth-order valence-electron chi connectivity index (χ4n) is 1.72. The molecule has 0 atom stereocenters. The second kappa shape index (κ2) is 4.17. The Hall–Kier alpha value is -1.77. The molecule has 3 nitrogen and oxygen atoms in total. The summed E-state index contributed by atoms with van der Waals surface area (Å²) in [4.78, 5) is 0. The lowest BCUT2D eigenvalue weighted by atomic mass is 10.0. The molecule has 1 N–H and O–H groups in total. The number of para-hydroxylation sites is 1. The van der Waals surface area contributed by atoms with Gasteiger partial charge >= 0.3 is 0 Å². The summed E-state index contributed by atoms with van der Waals surface area (Å²) in [6.45, 7) is 2.12. The van der Waals surface area contributed by atoms with Crippen LogP contribution in [0, 0.1) is 0 Å². The van der Waals surface area contributed by atoms with Gasteiger partial charge in [0, 0.05) is 11.8 Å². The monoisotopic (exact) mass is 202 g/mol. The van der Waals surface area contributed by atoms with E-state index in [1.165, 1.54) is 5.56 Å². The number of hydrogen-bond donors (Lipinski definition) is 1. The van der Waals surface area contributed by atoms with E-state index in [1.54, 1.807) is 7.11 Å². The molecule has 0 aliphatic carbocycles. The summed E-state index contributed by atoms with van der Waals surface area (Å²) >= 11 is 0. The highest BCUT2D eigenvalue weighted by Gasteiger charge is 2.10. The van der Waals surface area contributed by atoms with Gasteiger partial charge in [-0.15, -0.1) is 0 Å². The molecule has 0 aliphatic heterocycles. The Morgan fingerprint density at radius 1 is 1.33 bits per heavy atom. The second-order valence-corrected chi connectivity index (χ2v) is 3.31. The Morgan fingerprint density at radius 2 is 2.20 bits per heavy atom. The van der Waals surface area contributed by atoms with Crippen molar-refractivity contribution in [1.82, 2.24) is 10.2 Å². The van der Waals surface area contributed by atoms with Crippen LogP contribution in [0.25, 0.3) is 11.3 Å². The molecule has 1 aromatic carbocycles. The average Bonchev–Trinajstić information content (AvgIpc) is 2.81. The predicted octanol–water partition coefficient (Wildman–Crippen LogP) is 2.65. The van der Waals surface area contributed by atoms with E-state index in [0.717, 1.165) is 23.4 Å². The molecule has 0 bridgehead atoms. The molecule has 0 aliphatic rings. The van der Waals surface area contributed by atoms with Gasteiger partial charge in [-0.1, -0.05) is 19.1 Å². The van der Waals surface area contributed by atoms with Crippen molar-refractivity contribution in [2.45, 2.75) is 13.3 Å². The lowest BCUT2D eigenvalue weighted by Gasteiger charge is -2.10. The van der Waals surface area contributed by atoms with Crippen molar-refractivity contribution in [1.29, 1.82) is 0 Å². The molecule has 0 fully saturated rings. The van der Waals surface area contributed by atoms with Gasteiger partial charge in [0.05, 0.1) is 12.8 Å². The summed E-state index contributed by atoms with van der Waals surface area (Å²) in [6.07, 6.45) is 2.77. The van der Waals surface area contributed by atoms with Crippen molar-refractivity contribution < 1.29 is 4.74 Å². The second-order valence-electron chi connectivity index (χ2n) is 3.31. The van der Waals surface area contributed by atoms with Crippen LogP contribution in [-0.4, -0.2) is 17.3 Å². The van der Waals surface area contributed by atoms with Gasteiger partial charge in [0.1, 0.15) is 5.75 Å². The zero-order valence-electron chi connectivity index (χ0n) is 8.95. The van der Waals surface area contributed by atoms with E-state index in [0.29, 0.717) is 0 Å². The lowest BCUT2D eigenvalue weighted by molar-refractivity contribution is 0.411. The minimum absolute atomic E-state index is 0.919. The van der Waals surface area contributed by atoms with Crippen molar-refractivity contribution in [3.05, 3.63) is 36.0 Å². The Morgan fingerprint density at radius 3 is 2.80 bits per heavy atom. The summed E-state index contributed by atoms with van der Waals surface area (Å²) in [5, 5.41) is 6.98. The average molecular weight is 202 g/mol. The number of methoxy groups -OCH3 is 1. The fraction of sp³-hybridized carbons (Fsp3) is 0.250. The predicted molar refractivity (Wildman–Crippen MR) is 60.0 cm³/mol. The summed E-state index contributed by atoms with van der Waals surface area (Å²) < 4.78 is 5.44. The van der Waals surface area contributed by atoms with E-state index >= 15 is 0 Å². The molecule has 0 unspecified atom stereocenters. The highest BCUT2D eigenvalue weighted by atomic mass is 16.5. The molecule has 3 heteroatoms. The van der Waals surface area contributed by atoms with Crippen LogP contribution in [0.4, 0.5) is 0 Å². The van der Waals surface area contributed by atoms with Crippen molar-refractivity contribution in [3.63, 3.8) is 0 Å². The molecule has 15 heavy (non-hydrogen) atoms. The molecule has 2 rings (SSSR count). The van der Waals surface area contributed by atoms with E-state index < -0.39 is 0 Å². The maximum absolute atomic E-state index is 5.44. The van der Waals surface area contributed by atoms with Crippen LogP contribution in [-0.2, 0) is 6.42 Å². The molecular formula is C12H14N2O. The molecule has 0 saturated heterocycles. The smallest absolute Gasteiger partial charge is 0.131 e. The van der Waals surface area contributed by atoms with Gasteiger partial charge in [0.25, 0.3) is 0 Å². The van der Waals surface area contributed by atoms with Crippen molar-refractivity contribution in [2.24, 2.45) is 0 Å². The third-order valence-electron chi connectivity index (χ3n) is 2.46. The number of H-pyrrole nitrogens is 1. The van der Waals surface area contributed by atoms with Crippen LogP contribution in [0.15, 0.2) is 30.5 Å². The molecule has 1 heterocycles. The third-order valence-corrected chi connectivity index (χ3v) is 2.46. The van der Waals surface area contributed by atoms with Gasteiger partial charge in [-0.25, -0.2) is 0 Å². The summed E-state index contributed by atoms with van der Waals surface area (Å²) in [6, 6.07) is 8.08. The molecule has 2 aromatic rings. The lowest BCUT2D eigenvalue weighted by Crippen LogP contribution is -1.93. The maximum Gasteiger partial charge on any atom is 0.131 e. The topological polar surface area (TPSA) is 37.9 Å². The standard InChI is InChI=1S/C12H14N2O/c1-3-9-5-4-6-10(12(9)15-2)11-7-8-13-14-11/h4-8H,3H2,1-2H3,(H,13,14). The number of rotatable bonds is 3. The number of aromatic amines is 1. The molecule has 0 radical (unpaired) electrons. The van der Waals surface area contributed by atoms with Crippen LogP contribution >= 0.6 is 0 Å². The van der Waals surface area contributed by atoms with E-state index in [9.17, 15) is 0 Å². The number of ether oxygens (including phenoxy) is 1. The van der Waals surface area contributed by atoms with Gasteiger partial charge < -0.3 is 4.74 Å². The van der Waals surface area contributed by atoms with Crippen LogP contribution in [0.5, 0.6) is 5.75 Å². The normalized spacial score (nSPS) is 10.3. The fourth-order valence-corrected chi connectivity index (χ4v) is 1.72. The SMILES string of the molecule is CCc1cccc(-c2cc[nH]n2)c1OC.